The molecule has 0 aliphatic heterocycles. The zero-order valence-corrected chi connectivity index (χ0v) is 9.00. The van der Waals surface area contributed by atoms with Gasteiger partial charge in [-0.1, -0.05) is 5.92 Å². The third-order valence-electron chi connectivity index (χ3n) is 0.938. The van der Waals surface area contributed by atoms with Crippen molar-refractivity contribution >= 4 is 7.85 Å². The third-order valence-corrected chi connectivity index (χ3v) is 0.938. The van der Waals surface area contributed by atoms with Crippen molar-refractivity contribution in [3.63, 3.8) is 0 Å². The van der Waals surface area contributed by atoms with Crippen LogP contribution in [0.2, 0.25) is 0 Å². The van der Waals surface area contributed by atoms with Gasteiger partial charge in [-0.05, 0) is 78.0 Å². The van der Waals surface area contributed by atoms with Gasteiger partial charge in [-0.2, -0.15) is 5.82 Å². The van der Waals surface area contributed by atoms with E-state index in [0.717, 1.165) is 0 Å². The van der Waals surface area contributed by atoms with Crippen LogP contribution in [0.4, 0.5) is 0 Å². The third kappa shape index (κ3) is 11.0. The van der Waals surface area contributed by atoms with Gasteiger partial charge in [0.15, 0.2) is 7.85 Å². The van der Waals surface area contributed by atoms with Gasteiger partial charge in [-0.25, -0.2) is 0 Å². The fraction of sp³-hybridized carbons (Fsp3) is 0.0667. The van der Waals surface area contributed by atoms with Crippen molar-refractivity contribution in [2.45, 2.75) is 6.92 Å². The molecule has 0 rings (SSSR count). The van der Waals surface area contributed by atoms with Crippen molar-refractivity contribution in [2.24, 2.45) is 0 Å². The highest BCUT2D eigenvalue weighted by Crippen LogP contribution is 1.57. The molecule has 0 nitrogen and oxygen atoms in total. The maximum atomic E-state index is 2.63. The van der Waals surface area contributed by atoms with Crippen molar-refractivity contribution in [2.75, 3.05) is 0 Å². The Bertz CT molecular complexity index is 599. The van der Waals surface area contributed by atoms with Crippen LogP contribution in [-0.2, 0) is 0 Å². The molecule has 0 aromatic heterocycles. The van der Waals surface area contributed by atoms with E-state index < -0.39 is 0 Å². The van der Waals surface area contributed by atoms with E-state index in [4.69, 9.17) is 0 Å². The molecular formula is C15H5B. The largest absolute Gasteiger partial charge is 0.196 e. The van der Waals surface area contributed by atoms with Gasteiger partial charge in [0.1, 0.15) is 0 Å². The average Bonchev–Trinajstić information content (AvgIpc) is 2.31. The lowest BCUT2D eigenvalue weighted by molar-refractivity contribution is 1.92. The van der Waals surface area contributed by atoms with E-state index in [2.05, 4.69) is 82.8 Å². The lowest BCUT2D eigenvalue weighted by Gasteiger charge is -1.56. The molecule has 0 heterocycles. The molecule has 0 saturated carbocycles. The van der Waals surface area contributed by atoms with Gasteiger partial charge >= 0.3 is 0 Å². The first kappa shape index (κ1) is 13.0. The Morgan fingerprint density at radius 2 is 0.812 bits per heavy atom. The van der Waals surface area contributed by atoms with Gasteiger partial charge in [-0.15, -0.1) is 0 Å². The molecule has 16 heavy (non-hydrogen) atoms. The lowest BCUT2D eigenvalue weighted by atomic mass is 10.2. The summed E-state index contributed by atoms with van der Waals surface area (Å²) in [6.45, 7) is 1.71. The number of rotatable bonds is 0. The van der Waals surface area contributed by atoms with E-state index >= 15 is 0 Å². The minimum Gasteiger partial charge on any atom is -0.151 e. The molecule has 0 bridgehead atoms. The smallest absolute Gasteiger partial charge is 0.151 e. The Morgan fingerprint density at radius 3 is 1.12 bits per heavy atom. The molecule has 0 spiro atoms. The van der Waals surface area contributed by atoms with E-state index in [1.165, 1.54) is 0 Å². The highest BCUT2D eigenvalue weighted by molar-refractivity contribution is 6.22. The molecule has 0 saturated heterocycles. The Morgan fingerprint density at radius 1 is 0.500 bits per heavy atom. The SMILES string of the molecule is BC#CC#CC#CC#CC#CC#CC#CC. The van der Waals surface area contributed by atoms with E-state index in [9.17, 15) is 0 Å². The van der Waals surface area contributed by atoms with Crippen LogP contribution in [0.25, 0.3) is 0 Å². The zero-order valence-electron chi connectivity index (χ0n) is 9.00. The van der Waals surface area contributed by atoms with E-state index in [1.54, 1.807) is 14.8 Å². The molecule has 0 atom stereocenters. The summed E-state index contributed by atoms with van der Waals surface area (Å²) in [6.07, 6.45) is 0. The molecule has 0 radical (unpaired) electrons. The molecule has 0 unspecified atom stereocenters. The topological polar surface area (TPSA) is 0 Å². The van der Waals surface area contributed by atoms with E-state index in [-0.39, 0.29) is 0 Å². The monoisotopic (exact) mass is 196 g/mol. The molecule has 68 valence electrons. The van der Waals surface area contributed by atoms with Crippen molar-refractivity contribution in [1.29, 1.82) is 0 Å². The van der Waals surface area contributed by atoms with Crippen LogP contribution in [0.5, 0.6) is 0 Å². The predicted molar refractivity (Wildman–Crippen MR) is 68.6 cm³/mol. The van der Waals surface area contributed by atoms with Crippen molar-refractivity contribution in [1.82, 2.24) is 0 Å². The molecule has 0 aromatic carbocycles. The molecule has 0 aromatic rings. The van der Waals surface area contributed by atoms with Gasteiger partial charge in [-0.3, -0.25) is 0 Å². The summed E-state index contributed by atoms with van der Waals surface area (Å²) in [5.41, 5.74) is 0. The summed E-state index contributed by atoms with van der Waals surface area (Å²) in [4.78, 5) is 0. The lowest BCUT2D eigenvalue weighted by Crippen LogP contribution is -1.56. The quantitative estimate of drug-likeness (QED) is 0.366. The Labute approximate surface area is 98.0 Å². The molecule has 0 N–H and O–H groups in total. The summed E-state index contributed by atoms with van der Waals surface area (Å²) in [6, 6.07) is 0. The van der Waals surface area contributed by atoms with Crippen LogP contribution < -0.4 is 0 Å². The van der Waals surface area contributed by atoms with E-state index in [1.807, 2.05) is 0 Å². The van der Waals surface area contributed by atoms with Crippen LogP contribution in [-0.4, -0.2) is 7.85 Å². The first-order chi connectivity index (χ1) is 7.91. The first-order valence-electron chi connectivity index (χ1n) is 4.25. The number of hydrogen-bond donors (Lipinski definition) is 0. The van der Waals surface area contributed by atoms with Gasteiger partial charge in [0.25, 0.3) is 0 Å². The highest BCUT2D eigenvalue weighted by Gasteiger charge is 1.56. The van der Waals surface area contributed by atoms with Crippen LogP contribution in [0.15, 0.2) is 0 Å². The van der Waals surface area contributed by atoms with Crippen molar-refractivity contribution in [3.05, 3.63) is 0 Å². The van der Waals surface area contributed by atoms with Gasteiger partial charge in [0, 0.05) is 0 Å². The van der Waals surface area contributed by atoms with Gasteiger partial charge in [0.05, 0.1) is 0 Å². The van der Waals surface area contributed by atoms with Crippen LogP contribution >= 0.6 is 0 Å². The summed E-state index contributed by atoms with van der Waals surface area (Å²) in [7, 11) is 1.71. The van der Waals surface area contributed by atoms with E-state index in [0.29, 0.717) is 0 Å². The van der Waals surface area contributed by atoms with Gasteiger partial charge < -0.3 is 0 Å². The van der Waals surface area contributed by atoms with Crippen molar-refractivity contribution in [3.8, 4) is 82.8 Å². The zero-order chi connectivity index (χ0) is 11.9. The molecule has 0 amide bonds. The minimum atomic E-state index is 1.71. The maximum absolute atomic E-state index is 2.63. The molecule has 0 aliphatic carbocycles. The summed E-state index contributed by atoms with van der Waals surface area (Å²) < 4.78 is 0. The predicted octanol–water partition coefficient (Wildman–Crippen LogP) is -0.379. The standard InChI is InChI=1S/C15H5B/c1-2-3-4-5-6-7-8-9-10-11-12-13-14-15-16/h16H2,1H3. The van der Waals surface area contributed by atoms with Crippen LogP contribution in [0, 0.1) is 82.8 Å². The second-order valence-corrected chi connectivity index (χ2v) is 2.00. The second-order valence-electron chi connectivity index (χ2n) is 2.00. The first-order valence-corrected chi connectivity index (χ1v) is 4.25. The minimum absolute atomic E-state index is 1.71. The molecular weight excluding hydrogens is 191 g/mol. The summed E-state index contributed by atoms with van der Waals surface area (Å²) in [5.74, 6) is 35.6. The summed E-state index contributed by atoms with van der Waals surface area (Å²) in [5, 5.41) is 0. The average molecular weight is 196 g/mol. The fourth-order valence-corrected chi connectivity index (χ4v) is 0.438. The molecule has 0 fully saturated rings. The van der Waals surface area contributed by atoms with Gasteiger partial charge in [0.2, 0.25) is 0 Å². The normalized spacial score (nSPS) is 3.81. The molecule has 0 aliphatic rings. The molecule has 1 heteroatoms. The second kappa shape index (κ2) is 12.0. The fourth-order valence-electron chi connectivity index (χ4n) is 0.438. The maximum Gasteiger partial charge on any atom is 0.196 e. The Hall–Kier alpha value is -3.02. The highest BCUT2D eigenvalue weighted by atomic mass is 13.6. The van der Waals surface area contributed by atoms with Crippen LogP contribution in [0.3, 0.4) is 0 Å². The summed E-state index contributed by atoms with van der Waals surface area (Å²) >= 11 is 0. The Kier molecular flexibility index (Phi) is 9.73. The number of hydrogen-bond acceptors (Lipinski definition) is 0. The Balaban J connectivity index is 4.23. The van der Waals surface area contributed by atoms with Crippen LogP contribution in [0.1, 0.15) is 6.92 Å². The van der Waals surface area contributed by atoms with Crippen molar-refractivity contribution < 1.29 is 0 Å².